The van der Waals surface area contributed by atoms with E-state index in [0.717, 1.165) is 28.5 Å². The minimum Gasteiger partial charge on any atom is -0.454 e. The number of fused-ring (bicyclic) bond motifs is 2. The van der Waals surface area contributed by atoms with Crippen molar-refractivity contribution >= 4 is 22.9 Å². The lowest BCUT2D eigenvalue weighted by Gasteiger charge is -2.02. The summed E-state index contributed by atoms with van der Waals surface area (Å²) in [5.74, 6) is 1.48. The van der Waals surface area contributed by atoms with Crippen molar-refractivity contribution in [2.24, 2.45) is 0 Å². The maximum Gasteiger partial charge on any atom is 0.231 e. The van der Waals surface area contributed by atoms with Gasteiger partial charge in [0.2, 0.25) is 6.79 Å². The molecule has 0 atom stereocenters. The Hall–Kier alpha value is -2.40. The molecule has 0 saturated carbocycles. The number of nitrogen functional groups attached to an aromatic ring is 1. The Balaban J connectivity index is 1.94. The molecular formula is C15H12ClN3O2. The maximum atomic E-state index is 6.06. The molecule has 6 heteroatoms. The topological polar surface area (TPSA) is 61.8 Å². The number of halogens is 1. The van der Waals surface area contributed by atoms with Gasteiger partial charge in [-0.25, -0.2) is 4.98 Å². The summed E-state index contributed by atoms with van der Waals surface area (Å²) in [4.78, 5) is 4.63. The fourth-order valence-electron chi connectivity index (χ4n) is 2.57. The van der Waals surface area contributed by atoms with E-state index in [0.29, 0.717) is 16.4 Å². The average Bonchev–Trinajstić information content (AvgIpc) is 3.04. The first-order valence-corrected chi connectivity index (χ1v) is 6.85. The summed E-state index contributed by atoms with van der Waals surface area (Å²) in [6, 6.07) is 7.47. The molecule has 2 aromatic heterocycles. The van der Waals surface area contributed by atoms with Crippen LogP contribution in [-0.4, -0.2) is 16.2 Å². The number of rotatable bonds is 1. The molecule has 0 amide bonds. The Morgan fingerprint density at radius 3 is 2.90 bits per heavy atom. The fraction of sp³-hybridized carbons (Fsp3) is 0.133. The first-order valence-electron chi connectivity index (χ1n) is 6.47. The standard InChI is InChI=1S/C15H12ClN3O2/c1-8-14(9-2-3-12-13(4-9)21-7-20-12)18-15-11(17)5-10(16)6-19(8)15/h2-6H,7,17H2,1H3. The normalized spacial score (nSPS) is 13.0. The monoisotopic (exact) mass is 301 g/mol. The highest BCUT2D eigenvalue weighted by Gasteiger charge is 2.18. The van der Waals surface area contributed by atoms with E-state index >= 15 is 0 Å². The second-order valence-corrected chi connectivity index (χ2v) is 5.36. The zero-order chi connectivity index (χ0) is 14.6. The summed E-state index contributed by atoms with van der Waals surface area (Å²) >= 11 is 6.06. The number of imidazole rings is 1. The van der Waals surface area contributed by atoms with E-state index in [-0.39, 0.29) is 6.79 Å². The predicted octanol–water partition coefficient (Wildman–Crippen LogP) is 3.27. The lowest BCUT2D eigenvalue weighted by atomic mass is 10.1. The van der Waals surface area contributed by atoms with Crippen molar-refractivity contribution in [3.05, 3.63) is 41.2 Å². The van der Waals surface area contributed by atoms with Crippen LogP contribution in [0.3, 0.4) is 0 Å². The number of benzene rings is 1. The first-order chi connectivity index (χ1) is 10.1. The fourth-order valence-corrected chi connectivity index (χ4v) is 2.78. The second kappa shape index (κ2) is 4.30. The lowest BCUT2D eigenvalue weighted by molar-refractivity contribution is 0.174. The van der Waals surface area contributed by atoms with Gasteiger partial charge in [-0.3, -0.25) is 0 Å². The predicted molar refractivity (Wildman–Crippen MR) is 80.9 cm³/mol. The summed E-state index contributed by atoms with van der Waals surface area (Å²) in [5, 5.41) is 0.581. The Morgan fingerprint density at radius 1 is 1.24 bits per heavy atom. The van der Waals surface area contributed by atoms with E-state index < -0.39 is 0 Å². The van der Waals surface area contributed by atoms with Crippen molar-refractivity contribution in [3.8, 4) is 22.8 Å². The van der Waals surface area contributed by atoms with Gasteiger partial charge in [-0.1, -0.05) is 11.6 Å². The molecule has 3 heterocycles. The largest absolute Gasteiger partial charge is 0.454 e. The van der Waals surface area contributed by atoms with Crippen molar-refractivity contribution in [2.75, 3.05) is 12.5 Å². The average molecular weight is 302 g/mol. The van der Waals surface area contributed by atoms with E-state index in [1.54, 1.807) is 6.07 Å². The number of hydrogen-bond acceptors (Lipinski definition) is 4. The molecular weight excluding hydrogens is 290 g/mol. The van der Waals surface area contributed by atoms with Gasteiger partial charge >= 0.3 is 0 Å². The molecule has 0 spiro atoms. The van der Waals surface area contributed by atoms with Crippen LogP contribution in [0, 0.1) is 6.92 Å². The Morgan fingerprint density at radius 2 is 2.05 bits per heavy atom. The first kappa shape index (κ1) is 12.3. The maximum absolute atomic E-state index is 6.06. The van der Waals surface area contributed by atoms with E-state index in [1.165, 1.54) is 0 Å². The second-order valence-electron chi connectivity index (χ2n) is 4.92. The van der Waals surface area contributed by atoms with Crippen molar-refractivity contribution in [1.82, 2.24) is 9.38 Å². The molecule has 1 aliphatic heterocycles. The molecule has 4 rings (SSSR count). The lowest BCUT2D eigenvalue weighted by Crippen LogP contribution is -1.93. The molecule has 1 aliphatic rings. The third kappa shape index (κ3) is 1.81. The number of hydrogen-bond donors (Lipinski definition) is 1. The molecule has 1 aromatic carbocycles. The van der Waals surface area contributed by atoms with Crippen LogP contribution >= 0.6 is 11.6 Å². The van der Waals surface area contributed by atoms with Crippen LogP contribution in [0.1, 0.15) is 5.69 Å². The third-order valence-corrected chi connectivity index (χ3v) is 3.81. The van der Waals surface area contributed by atoms with Crippen LogP contribution < -0.4 is 15.2 Å². The highest BCUT2D eigenvalue weighted by Crippen LogP contribution is 2.37. The Bertz CT molecular complexity index is 873. The van der Waals surface area contributed by atoms with E-state index in [9.17, 15) is 0 Å². The number of nitrogens with zero attached hydrogens (tertiary/aromatic N) is 2. The smallest absolute Gasteiger partial charge is 0.231 e. The summed E-state index contributed by atoms with van der Waals surface area (Å²) < 4.78 is 12.6. The van der Waals surface area contributed by atoms with E-state index in [2.05, 4.69) is 4.98 Å². The molecule has 21 heavy (non-hydrogen) atoms. The van der Waals surface area contributed by atoms with Crippen LogP contribution in [0.4, 0.5) is 5.69 Å². The molecule has 0 saturated heterocycles. The van der Waals surface area contributed by atoms with Gasteiger partial charge in [0, 0.05) is 17.5 Å². The molecule has 0 aliphatic carbocycles. The molecule has 0 fully saturated rings. The summed E-state index contributed by atoms with van der Waals surface area (Å²) in [6.45, 7) is 2.24. The van der Waals surface area contributed by atoms with Gasteiger partial charge in [-0.15, -0.1) is 0 Å². The Labute approximate surface area is 125 Å². The van der Waals surface area contributed by atoms with Gasteiger partial charge in [0.15, 0.2) is 17.1 Å². The SMILES string of the molecule is Cc1c(-c2ccc3c(c2)OCO3)nc2c(N)cc(Cl)cn12. The zero-order valence-corrected chi connectivity index (χ0v) is 12.0. The van der Waals surface area contributed by atoms with Gasteiger partial charge in [0.25, 0.3) is 0 Å². The van der Waals surface area contributed by atoms with Crippen molar-refractivity contribution in [1.29, 1.82) is 0 Å². The van der Waals surface area contributed by atoms with Crippen LogP contribution in [0.25, 0.3) is 16.9 Å². The molecule has 2 N–H and O–H groups in total. The zero-order valence-electron chi connectivity index (χ0n) is 11.3. The van der Waals surface area contributed by atoms with E-state index in [4.69, 9.17) is 26.8 Å². The summed E-state index contributed by atoms with van der Waals surface area (Å²) in [5.41, 5.74) is 10.0. The summed E-state index contributed by atoms with van der Waals surface area (Å²) in [7, 11) is 0. The van der Waals surface area contributed by atoms with Crippen molar-refractivity contribution in [3.63, 3.8) is 0 Å². The van der Waals surface area contributed by atoms with E-state index in [1.807, 2.05) is 35.7 Å². The van der Waals surface area contributed by atoms with Crippen LogP contribution in [0.2, 0.25) is 5.02 Å². The minimum atomic E-state index is 0.255. The van der Waals surface area contributed by atoms with Gasteiger partial charge in [0.1, 0.15) is 0 Å². The Kier molecular flexibility index (Phi) is 2.53. The van der Waals surface area contributed by atoms with Gasteiger partial charge < -0.3 is 19.6 Å². The van der Waals surface area contributed by atoms with Gasteiger partial charge in [0.05, 0.1) is 16.4 Å². The number of aryl methyl sites for hydroxylation is 1. The highest BCUT2D eigenvalue weighted by atomic mass is 35.5. The van der Waals surface area contributed by atoms with Crippen LogP contribution in [-0.2, 0) is 0 Å². The highest BCUT2D eigenvalue weighted by molar-refractivity contribution is 6.30. The minimum absolute atomic E-state index is 0.255. The van der Waals surface area contributed by atoms with Gasteiger partial charge in [-0.2, -0.15) is 0 Å². The van der Waals surface area contributed by atoms with Crippen LogP contribution in [0.5, 0.6) is 11.5 Å². The summed E-state index contributed by atoms with van der Waals surface area (Å²) in [6.07, 6.45) is 1.81. The molecule has 0 unspecified atom stereocenters. The molecule has 5 nitrogen and oxygen atoms in total. The van der Waals surface area contributed by atoms with Gasteiger partial charge in [-0.05, 0) is 31.2 Å². The number of ether oxygens (including phenoxy) is 2. The number of anilines is 1. The quantitative estimate of drug-likeness (QED) is 0.749. The molecule has 0 bridgehead atoms. The number of pyridine rings is 1. The number of aromatic nitrogens is 2. The van der Waals surface area contributed by atoms with Crippen LogP contribution in [0.15, 0.2) is 30.5 Å². The molecule has 0 radical (unpaired) electrons. The van der Waals surface area contributed by atoms with Crippen molar-refractivity contribution in [2.45, 2.75) is 6.92 Å². The van der Waals surface area contributed by atoms with Crippen molar-refractivity contribution < 1.29 is 9.47 Å². The molecule has 106 valence electrons. The number of nitrogens with two attached hydrogens (primary N) is 1. The third-order valence-electron chi connectivity index (χ3n) is 3.60. The molecule has 3 aromatic rings.